The monoisotopic (exact) mass is 490 g/mol. The number of ether oxygens (including phenoxy) is 2. The third-order valence-electron chi connectivity index (χ3n) is 5.01. The number of hydrogen-bond acceptors (Lipinski definition) is 7. The third-order valence-corrected chi connectivity index (χ3v) is 5.01. The molecule has 182 valence electrons. The van der Waals surface area contributed by atoms with E-state index in [0.29, 0.717) is 28.4 Å². The van der Waals surface area contributed by atoms with Crippen molar-refractivity contribution >= 4 is 17.4 Å². The van der Waals surface area contributed by atoms with Crippen molar-refractivity contribution in [2.45, 2.75) is 19.8 Å². The molecule has 0 saturated carbocycles. The maximum Gasteiger partial charge on any atom is 0.573 e. The number of anilines is 1. The molecule has 35 heavy (non-hydrogen) atoms. The van der Waals surface area contributed by atoms with Crippen LogP contribution in [0, 0.1) is 12.7 Å². The summed E-state index contributed by atoms with van der Waals surface area (Å²) in [6.07, 6.45) is -3.48. The van der Waals surface area contributed by atoms with Gasteiger partial charge in [0.15, 0.2) is 5.65 Å². The van der Waals surface area contributed by atoms with Crippen LogP contribution in [0.1, 0.15) is 21.6 Å². The number of rotatable bonds is 6. The van der Waals surface area contributed by atoms with E-state index in [2.05, 4.69) is 25.1 Å². The summed E-state index contributed by atoms with van der Waals surface area (Å²) in [5.41, 5.74) is 7.75. The zero-order valence-electron chi connectivity index (χ0n) is 18.4. The van der Waals surface area contributed by atoms with Gasteiger partial charge in [0, 0.05) is 23.9 Å². The number of nitrogens with zero attached hydrogens (tertiary/aromatic N) is 4. The Bertz CT molecular complexity index is 1420. The lowest BCUT2D eigenvalue weighted by molar-refractivity contribution is -0.274. The van der Waals surface area contributed by atoms with E-state index in [4.69, 9.17) is 10.5 Å². The van der Waals surface area contributed by atoms with Crippen molar-refractivity contribution in [2.75, 3.05) is 12.8 Å². The highest BCUT2D eigenvalue weighted by Crippen LogP contribution is 2.26. The van der Waals surface area contributed by atoms with Gasteiger partial charge in [0.25, 0.3) is 5.91 Å². The number of methoxy groups -OCH3 is 1. The van der Waals surface area contributed by atoms with Gasteiger partial charge in [-0.15, -0.1) is 13.2 Å². The topological polar surface area (TPSA) is 117 Å². The Morgan fingerprint density at radius 3 is 2.69 bits per heavy atom. The first kappa shape index (κ1) is 23.7. The van der Waals surface area contributed by atoms with E-state index >= 15 is 0 Å². The van der Waals surface area contributed by atoms with E-state index < -0.39 is 30.4 Å². The Morgan fingerprint density at radius 2 is 1.97 bits per heavy atom. The van der Waals surface area contributed by atoms with E-state index in [1.807, 2.05) is 0 Å². The third kappa shape index (κ3) is 5.08. The average molecular weight is 490 g/mol. The first-order valence-electron chi connectivity index (χ1n) is 10.0. The number of pyridine rings is 1. The molecule has 13 heteroatoms. The van der Waals surface area contributed by atoms with Crippen LogP contribution >= 0.6 is 0 Å². The van der Waals surface area contributed by atoms with Crippen LogP contribution in [0.4, 0.5) is 23.4 Å². The molecule has 0 fully saturated rings. The van der Waals surface area contributed by atoms with Crippen molar-refractivity contribution < 1.29 is 31.8 Å². The van der Waals surface area contributed by atoms with Crippen molar-refractivity contribution in [1.82, 2.24) is 24.9 Å². The first-order valence-corrected chi connectivity index (χ1v) is 10.0. The van der Waals surface area contributed by atoms with Crippen molar-refractivity contribution in [2.24, 2.45) is 0 Å². The van der Waals surface area contributed by atoms with Crippen molar-refractivity contribution in [3.05, 3.63) is 65.2 Å². The molecule has 0 atom stereocenters. The van der Waals surface area contributed by atoms with E-state index in [1.165, 1.54) is 19.4 Å². The number of imidazole rings is 1. The number of nitrogens with one attached hydrogen (secondary N) is 1. The Hall–Kier alpha value is -4.42. The molecule has 1 amide bonds. The van der Waals surface area contributed by atoms with Crippen molar-refractivity contribution in [3.8, 4) is 22.9 Å². The van der Waals surface area contributed by atoms with Crippen molar-refractivity contribution in [1.29, 1.82) is 0 Å². The summed E-state index contributed by atoms with van der Waals surface area (Å²) in [6.45, 7) is 1.34. The lowest BCUT2D eigenvalue weighted by atomic mass is 10.1. The summed E-state index contributed by atoms with van der Waals surface area (Å²) >= 11 is 0. The van der Waals surface area contributed by atoms with Crippen LogP contribution in [0.2, 0.25) is 0 Å². The molecular formula is C22H18F4N6O3. The largest absolute Gasteiger partial charge is 0.573 e. The van der Waals surface area contributed by atoms with Gasteiger partial charge >= 0.3 is 6.36 Å². The summed E-state index contributed by atoms with van der Waals surface area (Å²) in [5.74, 6) is -1.79. The molecule has 0 saturated heterocycles. The predicted molar refractivity (Wildman–Crippen MR) is 116 cm³/mol. The molecular weight excluding hydrogens is 472 g/mol. The normalized spacial score (nSPS) is 11.5. The fraction of sp³-hybridized carbons (Fsp3) is 0.182. The molecule has 0 unspecified atom stereocenters. The van der Waals surface area contributed by atoms with Crippen LogP contribution in [0.25, 0.3) is 16.9 Å². The Kier molecular flexibility index (Phi) is 6.16. The SMILES string of the molecule is COc1ncc(-c2ccc3nc(N)c(C)n3n2)cc1C(=O)NCc1cc(OC(F)(F)F)ccc1F. The second-order valence-electron chi connectivity index (χ2n) is 7.34. The molecule has 3 N–H and O–H groups in total. The van der Waals surface area contributed by atoms with Gasteiger partial charge in [0.05, 0.1) is 18.5 Å². The second-order valence-corrected chi connectivity index (χ2v) is 7.34. The highest BCUT2D eigenvalue weighted by atomic mass is 19.4. The van der Waals surface area contributed by atoms with Crippen LogP contribution in [-0.2, 0) is 6.54 Å². The lowest BCUT2D eigenvalue weighted by Crippen LogP contribution is -2.24. The van der Waals surface area contributed by atoms with Crippen molar-refractivity contribution in [3.63, 3.8) is 0 Å². The molecule has 0 aliphatic heterocycles. The maximum atomic E-state index is 14.1. The first-order chi connectivity index (χ1) is 16.6. The van der Waals surface area contributed by atoms with Gasteiger partial charge in [0.1, 0.15) is 22.9 Å². The van der Waals surface area contributed by atoms with Gasteiger partial charge in [-0.25, -0.2) is 18.9 Å². The molecule has 3 heterocycles. The molecule has 4 rings (SSSR count). The highest BCUT2D eigenvalue weighted by Gasteiger charge is 2.31. The molecule has 3 aromatic heterocycles. The highest BCUT2D eigenvalue weighted by molar-refractivity contribution is 5.97. The number of nitrogen functional groups attached to an aromatic ring is 1. The van der Waals surface area contributed by atoms with E-state index in [0.717, 1.165) is 18.2 Å². The van der Waals surface area contributed by atoms with Gasteiger partial charge in [-0.3, -0.25) is 4.79 Å². The minimum absolute atomic E-state index is 0.00925. The Labute approximate surface area is 195 Å². The average Bonchev–Trinajstić information content (AvgIpc) is 3.10. The van der Waals surface area contributed by atoms with Crippen LogP contribution in [0.5, 0.6) is 11.6 Å². The van der Waals surface area contributed by atoms with E-state index in [9.17, 15) is 22.4 Å². The van der Waals surface area contributed by atoms with E-state index in [-0.39, 0.29) is 17.0 Å². The fourth-order valence-corrected chi connectivity index (χ4v) is 3.29. The van der Waals surface area contributed by atoms with Gasteiger partial charge in [0.2, 0.25) is 5.88 Å². The minimum atomic E-state index is -4.93. The quantitative estimate of drug-likeness (QED) is 0.396. The molecule has 1 aromatic carbocycles. The maximum absolute atomic E-state index is 14.1. The molecule has 0 spiro atoms. The number of nitrogens with two attached hydrogens (primary N) is 1. The molecule has 0 aliphatic carbocycles. The minimum Gasteiger partial charge on any atom is -0.480 e. The van der Waals surface area contributed by atoms with Gasteiger partial charge in [-0.1, -0.05) is 0 Å². The lowest BCUT2D eigenvalue weighted by Gasteiger charge is -2.13. The van der Waals surface area contributed by atoms with Gasteiger partial charge in [-0.2, -0.15) is 5.10 Å². The van der Waals surface area contributed by atoms with Crippen LogP contribution in [0.3, 0.4) is 0 Å². The number of benzene rings is 1. The Balaban J connectivity index is 1.59. The van der Waals surface area contributed by atoms with Gasteiger partial charge < -0.3 is 20.5 Å². The number of aromatic nitrogens is 4. The fourth-order valence-electron chi connectivity index (χ4n) is 3.29. The van der Waals surface area contributed by atoms with Crippen LogP contribution < -0.4 is 20.5 Å². The number of halogens is 4. The van der Waals surface area contributed by atoms with E-state index in [1.54, 1.807) is 23.6 Å². The van der Waals surface area contributed by atoms with Crippen LogP contribution in [-0.4, -0.2) is 39.0 Å². The van der Waals surface area contributed by atoms with Gasteiger partial charge in [-0.05, 0) is 43.3 Å². The molecule has 0 radical (unpaired) electrons. The summed E-state index contributed by atoms with van der Waals surface area (Å²) in [7, 11) is 1.32. The molecule has 0 bridgehead atoms. The molecule has 0 aliphatic rings. The molecule has 9 nitrogen and oxygen atoms in total. The number of carbonyl (C=O) groups is 1. The number of amides is 1. The number of alkyl halides is 3. The molecule has 4 aromatic rings. The smallest absolute Gasteiger partial charge is 0.480 e. The standard InChI is InChI=1S/C22H18F4N6O3/c1-11-19(27)30-18-6-5-17(31-32(11)18)13-8-15(21(34-2)29-10-13)20(33)28-9-12-7-14(3-4-16(12)23)35-22(24,25)26/h3-8,10H,9,27H2,1-2H3,(H,28,33). The predicted octanol–water partition coefficient (Wildman–Crippen LogP) is 3.66. The number of carbonyl (C=O) groups excluding carboxylic acids is 1. The zero-order chi connectivity index (χ0) is 25.3. The summed E-state index contributed by atoms with van der Waals surface area (Å²) < 4.78 is 62.0. The Morgan fingerprint density at radius 1 is 1.20 bits per heavy atom. The number of aryl methyl sites for hydroxylation is 1. The number of hydrogen-bond donors (Lipinski definition) is 2. The van der Waals surface area contributed by atoms with Crippen LogP contribution in [0.15, 0.2) is 42.6 Å². The number of fused-ring (bicyclic) bond motifs is 1. The second kappa shape index (κ2) is 9.08. The summed E-state index contributed by atoms with van der Waals surface area (Å²) in [5, 5.41) is 6.93. The summed E-state index contributed by atoms with van der Waals surface area (Å²) in [6, 6.07) is 7.36. The zero-order valence-corrected chi connectivity index (χ0v) is 18.4. The summed E-state index contributed by atoms with van der Waals surface area (Å²) in [4.78, 5) is 21.2.